The zero-order valence-electron chi connectivity index (χ0n) is 18.5. The molecule has 29 heavy (non-hydrogen) atoms. The smallest absolute Gasteiger partial charge is 0.124 e. The molecule has 1 aromatic carbocycles. The number of aromatic nitrogens is 1. The first kappa shape index (κ1) is 20.4. The highest BCUT2D eigenvalue weighted by molar-refractivity contribution is 5.52. The summed E-state index contributed by atoms with van der Waals surface area (Å²) in [5.74, 6) is 0.476. The lowest BCUT2D eigenvalue weighted by molar-refractivity contribution is -0.127. The molecule has 2 aromatic rings. The van der Waals surface area contributed by atoms with Crippen LogP contribution >= 0.6 is 0 Å². The average Bonchev–Trinajstić information content (AvgIpc) is 3.12. The van der Waals surface area contributed by atoms with Crippen LogP contribution in [0.15, 0.2) is 42.7 Å². The first-order valence-corrected chi connectivity index (χ1v) is 11.0. The Morgan fingerprint density at radius 1 is 1.14 bits per heavy atom. The first-order valence-electron chi connectivity index (χ1n) is 11.0. The second-order valence-electron chi connectivity index (χ2n) is 9.84. The van der Waals surface area contributed by atoms with E-state index in [-0.39, 0.29) is 5.41 Å². The van der Waals surface area contributed by atoms with Crippen molar-refractivity contribution in [2.45, 2.75) is 58.1 Å². The number of benzene rings is 1. The maximum Gasteiger partial charge on any atom is 0.124 e. The van der Waals surface area contributed by atoms with Crippen molar-refractivity contribution >= 4 is 5.69 Å². The number of anilines is 1. The Balaban J connectivity index is 1.79. The Bertz CT molecular complexity index is 857. The van der Waals surface area contributed by atoms with E-state index in [1.165, 1.54) is 18.4 Å². The zero-order valence-corrected chi connectivity index (χ0v) is 18.5. The van der Waals surface area contributed by atoms with Crippen molar-refractivity contribution in [3.63, 3.8) is 0 Å². The summed E-state index contributed by atoms with van der Waals surface area (Å²) >= 11 is 0. The van der Waals surface area contributed by atoms with Crippen molar-refractivity contribution in [3.8, 4) is 0 Å². The summed E-state index contributed by atoms with van der Waals surface area (Å²) in [5.41, 5.74) is 2.97. The second kappa shape index (κ2) is 7.41. The van der Waals surface area contributed by atoms with Gasteiger partial charge < -0.3 is 14.9 Å². The van der Waals surface area contributed by atoms with Gasteiger partial charge in [0.15, 0.2) is 0 Å². The van der Waals surface area contributed by atoms with Gasteiger partial charge in [-0.25, -0.2) is 0 Å². The van der Waals surface area contributed by atoms with E-state index >= 15 is 0 Å². The maximum atomic E-state index is 12.3. The van der Waals surface area contributed by atoms with Crippen molar-refractivity contribution in [1.82, 2.24) is 9.88 Å². The van der Waals surface area contributed by atoms with Crippen molar-refractivity contribution in [3.05, 3.63) is 59.4 Å². The second-order valence-corrected chi connectivity index (χ2v) is 9.84. The van der Waals surface area contributed by atoms with Gasteiger partial charge in [-0.05, 0) is 49.9 Å². The third-order valence-electron chi connectivity index (χ3n) is 7.13. The topological polar surface area (TPSA) is 39.6 Å². The van der Waals surface area contributed by atoms with E-state index in [9.17, 15) is 5.11 Å². The van der Waals surface area contributed by atoms with Gasteiger partial charge in [-0.3, -0.25) is 4.98 Å². The van der Waals surface area contributed by atoms with Crippen LogP contribution in [-0.4, -0.2) is 47.7 Å². The third-order valence-corrected chi connectivity index (χ3v) is 7.13. The van der Waals surface area contributed by atoms with E-state index in [2.05, 4.69) is 79.9 Å². The number of hydrogen-bond acceptors (Lipinski definition) is 4. The predicted octanol–water partition coefficient (Wildman–Crippen LogP) is 4.38. The van der Waals surface area contributed by atoms with Crippen LogP contribution in [-0.2, 0) is 5.60 Å². The van der Waals surface area contributed by atoms with Crippen LogP contribution in [0.4, 0.5) is 5.69 Å². The normalized spacial score (nSPS) is 23.8. The SMILES string of the molecule is CC(C)c1ccc([C@](O)(c2cncc(N3CCC[C@@H]3C)c2)C2(C)CN(C)C2)cc1. The van der Waals surface area contributed by atoms with Crippen molar-refractivity contribution in [2.75, 3.05) is 31.6 Å². The van der Waals surface area contributed by atoms with Crippen molar-refractivity contribution < 1.29 is 5.11 Å². The van der Waals surface area contributed by atoms with E-state index in [4.69, 9.17) is 0 Å². The quantitative estimate of drug-likeness (QED) is 0.818. The highest BCUT2D eigenvalue weighted by Gasteiger charge is 2.55. The molecule has 2 aliphatic rings. The summed E-state index contributed by atoms with van der Waals surface area (Å²) in [4.78, 5) is 9.27. The van der Waals surface area contributed by atoms with E-state index in [1.54, 1.807) is 0 Å². The molecule has 1 aromatic heterocycles. The highest BCUT2D eigenvalue weighted by Crippen LogP contribution is 2.50. The first-order chi connectivity index (χ1) is 13.7. The van der Waals surface area contributed by atoms with Gasteiger partial charge in [0.2, 0.25) is 0 Å². The molecule has 2 saturated heterocycles. The molecule has 2 aliphatic heterocycles. The Kier molecular flexibility index (Phi) is 5.20. The summed E-state index contributed by atoms with van der Waals surface area (Å²) in [5, 5.41) is 12.3. The van der Waals surface area contributed by atoms with Crippen LogP contribution in [0, 0.1) is 5.41 Å². The standard InChI is InChI=1S/C25H35N3O/c1-18(2)20-8-10-21(11-9-20)25(29,24(4)16-27(5)17-24)22-13-23(15-26-14-22)28-12-6-7-19(28)3/h8-11,13-15,18-19,29H,6-7,12,16-17H2,1-5H3/t19-,25-/m0/s1. The van der Waals surface area contributed by atoms with Gasteiger partial charge in [0, 0.05) is 42.9 Å². The number of hydrogen-bond donors (Lipinski definition) is 1. The van der Waals surface area contributed by atoms with Crippen LogP contribution in [0.25, 0.3) is 0 Å². The monoisotopic (exact) mass is 393 g/mol. The number of aliphatic hydroxyl groups is 1. The molecule has 0 saturated carbocycles. The van der Waals surface area contributed by atoms with Gasteiger partial charge in [-0.15, -0.1) is 0 Å². The van der Waals surface area contributed by atoms with Crippen LogP contribution in [0.5, 0.6) is 0 Å². The van der Waals surface area contributed by atoms with Crippen LogP contribution < -0.4 is 4.90 Å². The third kappa shape index (κ3) is 3.36. The highest BCUT2D eigenvalue weighted by atomic mass is 16.3. The van der Waals surface area contributed by atoms with E-state index < -0.39 is 5.60 Å². The molecule has 0 amide bonds. The molecule has 4 nitrogen and oxygen atoms in total. The molecule has 2 fully saturated rings. The van der Waals surface area contributed by atoms with Crippen LogP contribution in [0.3, 0.4) is 0 Å². The number of likely N-dealkylation sites (tertiary alicyclic amines) is 1. The van der Waals surface area contributed by atoms with Gasteiger partial charge in [-0.2, -0.15) is 0 Å². The Morgan fingerprint density at radius 3 is 2.38 bits per heavy atom. The summed E-state index contributed by atoms with van der Waals surface area (Å²) in [6.45, 7) is 11.7. The van der Waals surface area contributed by atoms with Gasteiger partial charge in [-0.1, -0.05) is 45.0 Å². The fourth-order valence-corrected chi connectivity index (χ4v) is 5.45. The molecule has 0 unspecified atom stereocenters. The molecule has 156 valence electrons. The Morgan fingerprint density at radius 2 is 1.83 bits per heavy atom. The average molecular weight is 394 g/mol. The molecule has 4 heteroatoms. The predicted molar refractivity (Wildman–Crippen MR) is 119 cm³/mol. The molecule has 3 heterocycles. The van der Waals surface area contributed by atoms with Crippen molar-refractivity contribution in [2.24, 2.45) is 5.41 Å². The lowest BCUT2D eigenvalue weighted by atomic mass is 9.62. The molecule has 2 atom stereocenters. The fourth-order valence-electron chi connectivity index (χ4n) is 5.45. The van der Waals surface area contributed by atoms with Gasteiger partial charge >= 0.3 is 0 Å². The van der Waals surface area contributed by atoms with Gasteiger partial charge in [0.05, 0.1) is 11.9 Å². The molecular formula is C25H35N3O. The Hall–Kier alpha value is -1.91. The lowest BCUT2D eigenvalue weighted by Crippen LogP contribution is -2.63. The van der Waals surface area contributed by atoms with E-state index in [1.807, 2.05) is 12.4 Å². The lowest BCUT2D eigenvalue weighted by Gasteiger charge is -2.56. The summed E-state index contributed by atoms with van der Waals surface area (Å²) in [6.07, 6.45) is 6.25. The molecule has 4 rings (SSSR count). The zero-order chi connectivity index (χ0) is 20.8. The Labute approximate surface area is 175 Å². The molecule has 0 aliphatic carbocycles. The molecule has 0 bridgehead atoms. The van der Waals surface area contributed by atoms with E-state index in [0.717, 1.165) is 36.4 Å². The molecular weight excluding hydrogens is 358 g/mol. The largest absolute Gasteiger partial charge is 0.380 e. The van der Waals surface area contributed by atoms with Crippen LogP contribution in [0.2, 0.25) is 0 Å². The van der Waals surface area contributed by atoms with E-state index in [0.29, 0.717) is 12.0 Å². The van der Waals surface area contributed by atoms with Crippen LogP contribution in [0.1, 0.15) is 63.1 Å². The molecule has 1 N–H and O–H groups in total. The van der Waals surface area contributed by atoms with Gasteiger partial charge in [0.25, 0.3) is 0 Å². The molecule has 0 spiro atoms. The summed E-state index contributed by atoms with van der Waals surface area (Å²) in [7, 11) is 2.12. The van der Waals surface area contributed by atoms with Crippen molar-refractivity contribution in [1.29, 1.82) is 0 Å². The summed E-state index contributed by atoms with van der Waals surface area (Å²) in [6, 6.07) is 11.3. The maximum absolute atomic E-state index is 12.3. The minimum atomic E-state index is -1.07. The summed E-state index contributed by atoms with van der Waals surface area (Å²) < 4.78 is 0. The number of nitrogens with zero attached hydrogens (tertiary/aromatic N) is 3. The van der Waals surface area contributed by atoms with Gasteiger partial charge in [0.1, 0.15) is 5.60 Å². The minimum Gasteiger partial charge on any atom is -0.380 e. The number of pyridine rings is 1. The number of rotatable bonds is 5. The molecule has 0 radical (unpaired) electrons. The fraction of sp³-hybridized carbons (Fsp3) is 0.560. The minimum absolute atomic E-state index is 0.252.